The van der Waals surface area contributed by atoms with E-state index in [0.29, 0.717) is 17.6 Å². The summed E-state index contributed by atoms with van der Waals surface area (Å²) >= 11 is 3.33. The van der Waals surface area contributed by atoms with E-state index >= 15 is 0 Å². The molecule has 4 nitrogen and oxygen atoms in total. The lowest BCUT2D eigenvalue weighted by molar-refractivity contribution is 0.396. The molecule has 5 heteroatoms. The van der Waals surface area contributed by atoms with Gasteiger partial charge in [-0.3, -0.25) is 0 Å². The van der Waals surface area contributed by atoms with Gasteiger partial charge in [0.1, 0.15) is 17.7 Å². The van der Waals surface area contributed by atoms with Crippen LogP contribution >= 0.6 is 15.9 Å². The lowest BCUT2D eigenvalue weighted by Gasteiger charge is -2.23. The molecule has 0 spiro atoms. The molecule has 0 amide bonds. The van der Waals surface area contributed by atoms with E-state index in [1.54, 1.807) is 17.3 Å². The van der Waals surface area contributed by atoms with Crippen LogP contribution in [-0.4, -0.2) is 12.3 Å². The number of nitrogens with zero attached hydrogens (tertiary/aromatic N) is 2. The Morgan fingerprint density at radius 1 is 1.50 bits per heavy atom. The maximum absolute atomic E-state index is 8.80. The minimum Gasteiger partial charge on any atom is -0.444 e. The summed E-state index contributed by atoms with van der Waals surface area (Å²) in [7, 11) is 0. The fourth-order valence-corrected chi connectivity index (χ4v) is 2.61. The molecule has 0 atom stereocenters. The number of aryl methyl sites for hydroxylation is 1. The molecule has 1 aromatic rings. The standard InChI is InChI=1S/C15H18BrN3O/c1-11-7-13(9-17)20-14(11)10-18-15(8-16)19-12-5-3-2-4-6-12/h7-8,10,12,19H,2-6H2,1H3/b15-8-,18-10-. The second-order valence-corrected chi connectivity index (χ2v) is 5.46. The third-order valence-corrected chi connectivity index (χ3v) is 3.88. The highest BCUT2D eigenvalue weighted by atomic mass is 79.9. The van der Waals surface area contributed by atoms with Crippen LogP contribution in [0.25, 0.3) is 0 Å². The van der Waals surface area contributed by atoms with Gasteiger partial charge in [-0.1, -0.05) is 35.2 Å². The molecule has 2 rings (SSSR count). The summed E-state index contributed by atoms with van der Waals surface area (Å²) in [6.45, 7) is 1.90. The Hall–Kier alpha value is -1.54. The number of hydrogen-bond acceptors (Lipinski definition) is 4. The number of nitrogens with one attached hydrogen (secondary N) is 1. The summed E-state index contributed by atoms with van der Waals surface area (Å²) in [6, 6.07) is 4.20. The third kappa shape index (κ3) is 3.97. The molecule has 1 saturated carbocycles. The van der Waals surface area contributed by atoms with Crippen LogP contribution in [-0.2, 0) is 0 Å². The second-order valence-electron chi connectivity index (χ2n) is 5.00. The minimum absolute atomic E-state index is 0.313. The fourth-order valence-electron chi connectivity index (χ4n) is 2.36. The molecule has 0 radical (unpaired) electrons. The fraction of sp³-hybridized carbons (Fsp3) is 0.467. The van der Waals surface area contributed by atoms with Gasteiger partial charge in [0.05, 0.1) is 6.21 Å². The monoisotopic (exact) mass is 335 g/mol. The molecule has 20 heavy (non-hydrogen) atoms. The van der Waals surface area contributed by atoms with E-state index in [1.807, 2.05) is 13.0 Å². The van der Waals surface area contributed by atoms with Gasteiger partial charge < -0.3 is 9.73 Å². The molecule has 1 aromatic heterocycles. The highest BCUT2D eigenvalue weighted by Crippen LogP contribution is 2.19. The molecular weight excluding hydrogens is 318 g/mol. The largest absolute Gasteiger partial charge is 0.444 e. The van der Waals surface area contributed by atoms with E-state index < -0.39 is 0 Å². The first kappa shape index (κ1) is 14.9. The van der Waals surface area contributed by atoms with E-state index in [0.717, 1.165) is 11.4 Å². The Balaban J connectivity index is 2.00. The summed E-state index contributed by atoms with van der Waals surface area (Å²) < 4.78 is 5.37. The van der Waals surface area contributed by atoms with E-state index in [4.69, 9.17) is 9.68 Å². The Labute approximate surface area is 127 Å². The van der Waals surface area contributed by atoms with Gasteiger partial charge in [0.2, 0.25) is 5.76 Å². The predicted molar refractivity (Wildman–Crippen MR) is 82.8 cm³/mol. The Bertz CT molecular complexity index is 548. The first-order chi connectivity index (χ1) is 9.72. The van der Waals surface area contributed by atoms with Gasteiger partial charge in [0.25, 0.3) is 0 Å². The third-order valence-electron chi connectivity index (χ3n) is 3.45. The summed E-state index contributed by atoms with van der Waals surface area (Å²) in [5.74, 6) is 1.72. The molecule has 0 aliphatic heterocycles. The van der Waals surface area contributed by atoms with E-state index in [2.05, 4.69) is 26.2 Å². The summed E-state index contributed by atoms with van der Waals surface area (Å²) in [5, 5.41) is 12.2. The predicted octanol–water partition coefficient (Wildman–Crippen LogP) is 3.99. The molecule has 1 aliphatic carbocycles. The minimum atomic E-state index is 0.313. The lowest BCUT2D eigenvalue weighted by Crippen LogP contribution is -2.29. The van der Waals surface area contributed by atoms with Crippen molar-refractivity contribution in [1.29, 1.82) is 5.26 Å². The average molecular weight is 336 g/mol. The zero-order chi connectivity index (χ0) is 14.4. The molecule has 1 N–H and O–H groups in total. The number of halogens is 1. The van der Waals surface area contributed by atoms with Crippen LogP contribution in [0.15, 0.2) is 26.3 Å². The molecule has 0 saturated heterocycles. The van der Waals surface area contributed by atoms with E-state index in [-0.39, 0.29) is 0 Å². The zero-order valence-electron chi connectivity index (χ0n) is 11.5. The number of nitriles is 1. The zero-order valence-corrected chi connectivity index (χ0v) is 13.1. The molecule has 1 fully saturated rings. The quantitative estimate of drug-likeness (QED) is 0.846. The van der Waals surface area contributed by atoms with Crippen molar-refractivity contribution in [3.63, 3.8) is 0 Å². The number of aliphatic imine (C=N–C) groups is 1. The topological polar surface area (TPSA) is 61.3 Å². The summed E-state index contributed by atoms with van der Waals surface area (Å²) in [4.78, 5) is 6.17. The molecule has 0 bridgehead atoms. The number of hydrogen-bond donors (Lipinski definition) is 1. The van der Waals surface area contributed by atoms with Gasteiger partial charge in [0.15, 0.2) is 0 Å². The number of rotatable bonds is 4. The van der Waals surface area contributed by atoms with Crippen LogP contribution in [0.3, 0.4) is 0 Å². The molecule has 1 heterocycles. The molecular formula is C15H18BrN3O. The first-order valence-corrected chi connectivity index (χ1v) is 7.76. The smallest absolute Gasteiger partial charge is 0.204 e. The van der Waals surface area contributed by atoms with Crippen molar-refractivity contribution in [1.82, 2.24) is 5.32 Å². The normalized spacial score (nSPS) is 17.4. The Morgan fingerprint density at radius 2 is 2.25 bits per heavy atom. The van der Waals surface area contributed by atoms with Crippen molar-refractivity contribution in [2.24, 2.45) is 4.99 Å². The Morgan fingerprint density at radius 3 is 2.85 bits per heavy atom. The molecule has 0 aromatic carbocycles. The molecule has 0 unspecified atom stereocenters. The van der Waals surface area contributed by atoms with Crippen LogP contribution in [0.4, 0.5) is 0 Å². The lowest BCUT2D eigenvalue weighted by atomic mass is 9.96. The van der Waals surface area contributed by atoms with Gasteiger partial charge in [-0.2, -0.15) is 5.26 Å². The van der Waals surface area contributed by atoms with Crippen molar-refractivity contribution in [3.05, 3.63) is 34.0 Å². The first-order valence-electron chi connectivity index (χ1n) is 6.84. The second kappa shape index (κ2) is 7.30. The summed E-state index contributed by atoms with van der Waals surface area (Å²) in [5.41, 5.74) is 0.914. The van der Waals surface area contributed by atoms with Gasteiger partial charge >= 0.3 is 0 Å². The van der Waals surface area contributed by atoms with Crippen LogP contribution < -0.4 is 5.32 Å². The molecule has 1 aliphatic rings. The van der Waals surface area contributed by atoms with Crippen molar-refractivity contribution in [2.45, 2.75) is 45.1 Å². The maximum atomic E-state index is 8.80. The van der Waals surface area contributed by atoms with Crippen molar-refractivity contribution >= 4 is 22.1 Å². The van der Waals surface area contributed by atoms with Gasteiger partial charge in [0, 0.05) is 11.0 Å². The van der Waals surface area contributed by atoms with Crippen LogP contribution in [0.5, 0.6) is 0 Å². The van der Waals surface area contributed by atoms with E-state index in [1.165, 1.54) is 32.1 Å². The van der Waals surface area contributed by atoms with Gasteiger partial charge in [-0.25, -0.2) is 4.99 Å². The summed E-state index contributed by atoms with van der Waals surface area (Å²) in [6.07, 6.45) is 7.92. The van der Waals surface area contributed by atoms with Crippen LogP contribution in [0.2, 0.25) is 0 Å². The van der Waals surface area contributed by atoms with Gasteiger partial charge in [-0.15, -0.1) is 0 Å². The van der Waals surface area contributed by atoms with Gasteiger partial charge in [-0.05, 0) is 31.4 Å². The molecule has 106 valence electrons. The van der Waals surface area contributed by atoms with Crippen molar-refractivity contribution in [3.8, 4) is 6.07 Å². The van der Waals surface area contributed by atoms with Crippen molar-refractivity contribution in [2.75, 3.05) is 0 Å². The Kier molecular flexibility index (Phi) is 5.42. The SMILES string of the molecule is Cc1cc(C#N)oc1/C=N\C(=C\Br)NC1CCCCC1. The van der Waals surface area contributed by atoms with Crippen LogP contribution in [0, 0.1) is 18.3 Å². The maximum Gasteiger partial charge on any atom is 0.204 e. The van der Waals surface area contributed by atoms with E-state index in [9.17, 15) is 0 Å². The van der Waals surface area contributed by atoms with Crippen molar-refractivity contribution < 1.29 is 4.42 Å². The average Bonchev–Trinajstić information content (AvgIpc) is 2.85. The highest BCUT2D eigenvalue weighted by Gasteiger charge is 2.13. The highest BCUT2D eigenvalue weighted by molar-refractivity contribution is 9.11. The van der Waals surface area contributed by atoms with Crippen LogP contribution in [0.1, 0.15) is 49.2 Å². The number of furan rings is 1.